The lowest BCUT2D eigenvalue weighted by Crippen LogP contribution is -2.35. The third-order valence-corrected chi connectivity index (χ3v) is 15.6. The SMILES string of the molecule is CCN1C(=O)/C(=c2\s/c(=C\c3ccc4c(c3)C3CCCC3N4c3ccc4c(c3)SC(=C(c3ccccc3)c3ccccc3)S4)c(=O)n2CC(=O)O)SC1=S. The molecule has 54 heavy (non-hydrogen) atoms. The van der Waals surface area contributed by atoms with Crippen LogP contribution in [0.1, 0.15) is 54.4 Å². The number of nitrogens with zero attached hydrogens (tertiary/aromatic N) is 3. The van der Waals surface area contributed by atoms with Gasteiger partial charge in [0.15, 0.2) is 0 Å². The predicted molar refractivity (Wildman–Crippen MR) is 226 cm³/mol. The lowest BCUT2D eigenvalue weighted by atomic mass is 9.96. The van der Waals surface area contributed by atoms with Crippen LogP contribution in [-0.4, -0.2) is 43.4 Å². The number of hydrogen-bond donors (Lipinski definition) is 1. The molecule has 3 aliphatic heterocycles. The average Bonchev–Trinajstić information content (AvgIpc) is 3.99. The average molecular weight is 804 g/mol. The van der Waals surface area contributed by atoms with Gasteiger partial charge in [-0.2, -0.15) is 0 Å². The van der Waals surface area contributed by atoms with E-state index in [0.717, 1.165) is 47.9 Å². The molecule has 2 unspecified atom stereocenters. The number of benzene rings is 4. The standard InChI is InChI=1S/C42H33N3O4S5/c1-2-43-39(49)37(54-42(43)50)40-44(23-35(46)47)38(48)34(51-40)21-24-16-18-31-29(20-24)28-14-9-15-30(28)45(31)27-17-19-32-33(22-27)53-41(52-32)36(25-10-5-3-6-11-25)26-12-7-4-8-13-26/h3-8,10-13,16-22,28,30H,2,9,14-15,23H2,1H3,(H,46,47)/b34-21-,40-37+. The molecule has 0 bridgehead atoms. The molecule has 1 saturated carbocycles. The van der Waals surface area contributed by atoms with Gasteiger partial charge in [-0.1, -0.05) is 121 Å². The highest BCUT2D eigenvalue weighted by Crippen LogP contribution is 2.58. The van der Waals surface area contributed by atoms with Crippen LogP contribution in [-0.2, 0) is 16.1 Å². The van der Waals surface area contributed by atoms with E-state index >= 15 is 0 Å². The first-order valence-corrected chi connectivity index (χ1v) is 21.5. The molecule has 1 amide bonds. The van der Waals surface area contributed by atoms with Crippen molar-refractivity contribution in [3.05, 3.63) is 143 Å². The summed E-state index contributed by atoms with van der Waals surface area (Å²) in [6.45, 7) is 1.70. The number of carbonyl (C=O) groups excluding carboxylic acids is 1. The number of carboxylic acid groups (broad SMARTS) is 1. The summed E-state index contributed by atoms with van der Waals surface area (Å²) in [4.78, 5) is 45.5. The fraction of sp³-hybridized carbons (Fsp3) is 0.190. The number of carbonyl (C=O) groups is 2. The van der Waals surface area contributed by atoms with E-state index in [4.69, 9.17) is 12.2 Å². The van der Waals surface area contributed by atoms with E-state index in [9.17, 15) is 19.5 Å². The monoisotopic (exact) mass is 803 g/mol. The predicted octanol–water partition coefficient (Wildman–Crippen LogP) is 8.21. The van der Waals surface area contributed by atoms with Crippen molar-refractivity contribution < 1.29 is 14.7 Å². The second-order valence-corrected chi connectivity index (χ2v) is 18.5. The number of carboxylic acids is 1. The Balaban J connectivity index is 1.08. The van der Waals surface area contributed by atoms with Crippen molar-refractivity contribution in [1.82, 2.24) is 9.47 Å². The molecule has 7 nitrogen and oxygen atoms in total. The Morgan fingerprint density at radius 1 is 0.889 bits per heavy atom. The Bertz CT molecular complexity index is 2560. The van der Waals surface area contributed by atoms with Crippen LogP contribution < -0.4 is 19.7 Å². The van der Waals surface area contributed by atoms with E-state index in [-0.39, 0.29) is 5.91 Å². The number of rotatable bonds is 7. The van der Waals surface area contributed by atoms with E-state index < -0.39 is 18.1 Å². The number of hydrogen-bond acceptors (Lipinski definition) is 9. The highest BCUT2D eigenvalue weighted by Gasteiger charge is 2.42. The number of fused-ring (bicyclic) bond motifs is 4. The summed E-state index contributed by atoms with van der Waals surface area (Å²) < 4.78 is 3.58. The smallest absolute Gasteiger partial charge is 0.323 e. The van der Waals surface area contributed by atoms with Crippen molar-refractivity contribution in [3.63, 3.8) is 0 Å². The first-order valence-electron chi connectivity index (χ1n) is 17.8. The Labute approximate surface area is 334 Å². The lowest BCUT2D eigenvalue weighted by molar-refractivity contribution is -0.137. The van der Waals surface area contributed by atoms with Crippen LogP contribution in [0.15, 0.2) is 116 Å². The maximum atomic E-state index is 13.7. The number of aliphatic carboxylic acids is 1. The Morgan fingerprint density at radius 2 is 1.61 bits per heavy atom. The van der Waals surface area contributed by atoms with Crippen LogP contribution >= 0.6 is 58.8 Å². The van der Waals surface area contributed by atoms with Gasteiger partial charge in [-0.3, -0.25) is 23.9 Å². The zero-order chi connectivity index (χ0) is 37.1. The molecule has 0 radical (unpaired) electrons. The summed E-state index contributed by atoms with van der Waals surface area (Å²) in [5.41, 5.74) is 7.76. The molecule has 1 saturated heterocycles. The molecule has 2 fully saturated rings. The molecule has 1 aromatic heterocycles. The molecule has 4 aliphatic rings. The topological polar surface area (TPSA) is 82.9 Å². The molecule has 0 spiro atoms. The molecule has 2 atom stereocenters. The molecule has 1 N–H and O–H groups in total. The Morgan fingerprint density at radius 3 is 2.30 bits per heavy atom. The van der Waals surface area contributed by atoms with Crippen molar-refractivity contribution in [1.29, 1.82) is 0 Å². The largest absolute Gasteiger partial charge is 0.480 e. The van der Waals surface area contributed by atoms with E-state index in [1.165, 1.54) is 57.1 Å². The van der Waals surface area contributed by atoms with Crippen molar-refractivity contribution in [2.24, 2.45) is 0 Å². The second kappa shape index (κ2) is 14.4. The Kier molecular flexibility index (Phi) is 9.43. The van der Waals surface area contributed by atoms with Gasteiger partial charge in [0.1, 0.15) is 20.4 Å². The van der Waals surface area contributed by atoms with Crippen LogP contribution in [0.25, 0.3) is 16.6 Å². The van der Waals surface area contributed by atoms with E-state index in [1.807, 2.05) is 42.6 Å². The van der Waals surface area contributed by atoms with Gasteiger partial charge >= 0.3 is 5.97 Å². The minimum Gasteiger partial charge on any atom is -0.480 e. The summed E-state index contributed by atoms with van der Waals surface area (Å²) in [5, 5.41) is 9.66. The van der Waals surface area contributed by atoms with Gasteiger partial charge in [-0.15, -0.1) is 11.3 Å². The van der Waals surface area contributed by atoms with E-state index in [2.05, 4.69) is 95.9 Å². The number of anilines is 2. The van der Waals surface area contributed by atoms with Crippen LogP contribution in [0.3, 0.4) is 0 Å². The minimum atomic E-state index is -1.15. The van der Waals surface area contributed by atoms with Gasteiger partial charge < -0.3 is 10.0 Å². The summed E-state index contributed by atoms with van der Waals surface area (Å²) in [7, 11) is 0. The van der Waals surface area contributed by atoms with Gasteiger partial charge in [0, 0.05) is 45.2 Å². The fourth-order valence-electron chi connectivity index (χ4n) is 7.96. The van der Waals surface area contributed by atoms with Crippen LogP contribution in [0, 0.1) is 0 Å². The van der Waals surface area contributed by atoms with Crippen LogP contribution in [0.4, 0.5) is 11.4 Å². The van der Waals surface area contributed by atoms with Gasteiger partial charge in [0.2, 0.25) is 0 Å². The molecular weight excluding hydrogens is 771 g/mol. The highest BCUT2D eigenvalue weighted by molar-refractivity contribution is 8.30. The van der Waals surface area contributed by atoms with Gasteiger partial charge in [0.05, 0.1) is 8.77 Å². The Hall–Kier alpha value is -4.33. The molecule has 270 valence electrons. The zero-order valence-corrected chi connectivity index (χ0v) is 33.1. The van der Waals surface area contributed by atoms with Crippen LogP contribution in [0.5, 0.6) is 0 Å². The molecule has 4 heterocycles. The second-order valence-electron chi connectivity index (χ2n) is 13.5. The van der Waals surface area contributed by atoms with Crippen molar-refractivity contribution in [2.75, 3.05) is 11.4 Å². The molecule has 5 aromatic rings. The summed E-state index contributed by atoms with van der Waals surface area (Å²) in [6.07, 6.45) is 5.17. The quantitative estimate of drug-likeness (QED) is 0.164. The number of thiazole rings is 1. The third-order valence-electron chi connectivity index (χ3n) is 10.3. The first kappa shape index (κ1) is 35.4. The molecule has 12 heteroatoms. The van der Waals surface area contributed by atoms with Crippen molar-refractivity contribution >= 4 is 103 Å². The molecule has 4 aromatic carbocycles. The summed E-state index contributed by atoms with van der Waals surface area (Å²) >= 11 is 11.4. The number of amides is 1. The van der Waals surface area contributed by atoms with Crippen molar-refractivity contribution in [3.8, 4) is 0 Å². The third kappa shape index (κ3) is 6.18. The molecule has 1 aliphatic carbocycles. The van der Waals surface area contributed by atoms with Gasteiger partial charge in [-0.25, -0.2) is 0 Å². The van der Waals surface area contributed by atoms with E-state index in [0.29, 0.717) is 36.9 Å². The lowest BCUT2D eigenvalue weighted by Gasteiger charge is -2.27. The van der Waals surface area contributed by atoms with Crippen molar-refractivity contribution in [2.45, 2.75) is 54.5 Å². The number of thiocarbonyl (C=S) groups is 1. The maximum Gasteiger partial charge on any atom is 0.323 e. The first-order chi connectivity index (χ1) is 26.3. The van der Waals surface area contributed by atoms with Gasteiger partial charge in [-0.05, 0) is 78.4 Å². The molecule has 9 rings (SSSR count). The normalized spacial score (nSPS) is 20.2. The van der Waals surface area contributed by atoms with Crippen LogP contribution in [0.2, 0.25) is 0 Å². The number of thioether (sulfide) groups is 3. The maximum absolute atomic E-state index is 13.7. The summed E-state index contributed by atoms with van der Waals surface area (Å²) in [6, 6.07) is 34.9. The summed E-state index contributed by atoms with van der Waals surface area (Å²) in [5.74, 6) is -1.08. The highest BCUT2D eigenvalue weighted by atomic mass is 32.2. The number of aromatic nitrogens is 1. The molecular formula is C42H33N3O4S5. The van der Waals surface area contributed by atoms with E-state index in [1.54, 1.807) is 0 Å². The minimum absolute atomic E-state index is 0.298. The zero-order valence-electron chi connectivity index (χ0n) is 29.1. The van der Waals surface area contributed by atoms with Gasteiger partial charge in [0.25, 0.3) is 11.5 Å². The fourth-order valence-corrected chi connectivity index (χ4v) is 13.3.